The molecule has 1 heterocycles. The van der Waals surface area contributed by atoms with Crippen molar-refractivity contribution in [1.29, 1.82) is 0 Å². The summed E-state index contributed by atoms with van der Waals surface area (Å²) in [6.45, 7) is 8.86. The standard InChI is InChI=1S/C34H49N5O6/c1-18(2)25(17-45-5)37-33(44)38-27(22-14-20-11-6-7-12-21(20)15-22)32(43)39-16-23-26(34(23,3)4)28(39)31(42)36-24(29(40)30(35)41)13-19-9-8-10-19/h6-7,11-12,18-19,22-28H,8-10,13-17H2,1-5H3,(H2,35,41)(H,36,42)(H2,37,38,44)/t23-,24?,25+,26-,27-,28-/m0/s1. The van der Waals surface area contributed by atoms with E-state index in [-0.39, 0.29) is 47.0 Å². The molecule has 1 aromatic rings. The summed E-state index contributed by atoms with van der Waals surface area (Å²) in [6, 6.07) is 4.62. The van der Waals surface area contributed by atoms with Crippen LogP contribution in [0.1, 0.15) is 64.5 Å². The number of ketones is 1. The van der Waals surface area contributed by atoms with Gasteiger partial charge >= 0.3 is 6.03 Å². The van der Waals surface area contributed by atoms with E-state index in [1.54, 1.807) is 12.0 Å². The summed E-state index contributed by atoms with van der Waals surface area (Å²) in [4.78, 5) is 68.2. The van der Waals surface area contributed by atoms with Gasteiger partial charge in [-0.3, -0.25) is 19.2 Å². The van der Waals surface area contributed by atoms with E-state index in [1.807, 2.05) is 38.1 Å². The Hall–Kier alpha value is -3.47. The summed E-state index contributed by atoms with van der Waals surface area (Å²) >= 11 is 0. The molecule has 1 unspecified atom stereocenters. The summed E-state index contributed by atoms with van der Waals surface area (Å²) in [6.07, 6.45) is 4.53. The first-order valence-corrected chi connectivity index (χ1v) is 16.4. The molecule has 1 aliphatic heterocycles. The Labute approximate surface area is 265 Å². The first-order chi connectivity index (χ1) is 21.3. The minimum atomic E-state index is -1.08. The molecule has 11 heteroatoms. The predicted octanol–water partition coefficient (Wildman–Crippen LogP) is 1.95. The van der Waals surface area contributed by atoms with Crippen LogP contribution >= 0.6 is 0 Å². The van der Waals surface area contributed by atoms with Crippen molar-refractivity contribution in [3.05, 3.63) is 35.4 Å². The van der Waals surface area contributed by atoms with Gasteiger partial charge in [-0.05, 0) is 65.4 Å². The largest absolute Gasteiger partial charge is 0.383 e. The highest BCUT2D eigenvalue weighted by Crippen LogP contribution is 2.65. The second kappa shape index (κ2) is 13.1. The van der Waals surface area contributed by atoms with Crippen LogP contribution in [0.25, 0.3) is 0 Å². The van der Waals surface area contributed by atoms with Crippen molar-refractivity contribution in [3.63, 3.8) is 0 Å². The average Bonchev–Trinajstić information content (AvgIpc) is 3.34. The summed E-state index contributed by atoms with van der Waals surface area (Å²) in [5, 5.41) is 8.81. The topological polar surface area (TPSA) is 160 Å². The van der Waals surface area contributed by atoms with Gasteiger partial charge in [-0.1, -0.05) is 71.2 Å². The number of carbonyl (C=O) groups excluding carboxylic acids is 5. The number of carbonyl (C=O) groups is 5. The SMILES string of the molecule is COC[C@@H](NC(=O)N[C@H](C(=O)N1C[C@H]2[C@@H]([C@H]1C(=O)NC(CC1CCC1)C(=O)C(N)=O)C2(C)C)C1Cc2ccccc2C1)C(C)C. The number of benzene rings is 1. The Morgan fingerprint density at radius 1 is 1.02 bits per heavy atom. The van der Waals surface area contributed by atoms with Crippen molar-refractivity contribution in [3.8, 4) is 0 Å². The van der Waals surface area contributed by atoms with Gasteiger partial charge in [-0.15, -0.1) is 0 Å². The highest BCUT2D eigenvalue weighted by Gasteiger charge is 2.69. The number of hydrogen-bond acceptors (Lipinski definition) is 6. The zero-order valence-electron chi connectivity index (χ0n) is 27.1. The van der Waals surface area contributed by atoms with Crippen molar-refractivity contribution in [1.82, 2.24) is 20.9 Å². The second-order valence-corrected chi connectivity index (χ2v) is 14.5. The molecule has 0 aromatic heterocycles. The lowest BCUT2D eigenvalue weighted by molar-refractivity contribution is -0.144. The molecule has 2 saturated carbocycles. The Morgan fingerprint density at radius 3 is 2.20 bits per heavy atom. The van der Waals surface area contributed by atoms with Gasteiger partial charge in [0, 0.05) is 13.7 Å². The maximum absolute atomic E-state index is 14.6. The Kier molecular flexibility index (Phi) is 9.58. The van der Waals surface area contributed by atoms with E-state index in [1.165, 1.54) is 0 Å². The molecule has 5 amide bonds. The maximum Gasteiger partial charge on any atom is 0.315 e. The van der Waals surface area contributed by atoms with Gasteiger partial charge in [0.25, 0.3) is 5.91 Å². The summed E-state index contributed by atoms with van der Waals surface area (Å²) in [5.41, 5.74) is 7.49. The van der Waals surface area contributed by atoms with Crippen LogP contribution in [-0.2, 0) is 36.8 Å². The molecule has 3 aliphatic carbocycles. The second-order valence-electron chi connectivity index (χ2n) is 14.5. The van der Waals surface area contributed by atoms with Crippen molar-refractivity contribution < 1.29 is 28.7 Å². The van der Waals surface area contributed by atoms with E-state index in [0.717, 1.165) is 30.4 Å². The number of nitrogens with one attached hydrogen (secondary N) is 3. The number of nitrogens with zero attached hydrogens (tertiary/aromatic N) is 1. The molecule has 3 fully saturated rings. The van der Waals surface area contributed by atoms with Crippen LogP contribution in [0.5, 0.6) is 0 Å². The molecule has 0 radical (unpaired) electrons. The van der Waals surface area contributed by atoms with Gasteiger partial charge in [-0.25, -0.2) is 4.79 Å². The lowest BCUT2D eigenvalue weighted by Crippen LogP contribution is -2.61. The lowest BCUT2D eigenvalue weighted by atomic mass is 9.80. The zero-order chi connectivity index (χ0) is 32.6. The van der Waals surface area contributed by atoms with Crippen LogP contribution in [-0.4, -0.2) is 78.9 Å². The molecule has 11 nitrogen and oxygen atoms in total. The number of amides is 5. The van der Waals surface area contributed by atoms with Gasteiger partial charge in [0.15, 0.2) is 0 Å². The highest BCUT2D eigenvalue weighted by molar-refractivity contribution is 6.37. The Balaban J connectivity index is 1.39. The van der Waals surface area contributed by atoms with E-state index in [2.05, 4.69) is 29.8 Å². The van der Waals surface area contributed by atoms with Crippen LogP contribution in [0.2, 0.25) is 0 Å². The normalized spacial score (nSPS) is 25.4. The number of hydrogen-bond donors (Lipinski definition) is 4. The number of Topliss-reactive ketones (excluding diaryl/α,β-unsaturated/α-hetero) is 1. The van der Waals surface area contributed by atoms with Crippen molar-refractivity contribution in [2.24, 2.45) is 40.7 Å². The maximum atomic E-state index is 14.6. The number of piperidine rings is 1. The lowest BCUT2D eigenvalue weighted by Gasteiger charge is -2.36. The number of fused-ring (bicyclic) bond motifs is 2. The van der Waals surface area contributed by atoms with Gasteiger partial charge in [-0.2, -0.15) is 0 Å². The molecule has 246 valence electrons. The fraction of sp³-hybridized carbons (Fsp3) is 0.676. The van der Waals surface area contributed by atoms with E-state index < -0.39 is 41.8 Å². The number of nitrogens with two attached hydrogens (primary N) is 1. The van der Waals surface area contributed by atoms with E-state index >= 15 is 0 Å². The van der Waals surface area contributed by atoms with Crippen molar-refractivity contribution >= 4 is 29.5 Å². The first-order valence-electron chi connectivity index (χ1n) is 16.4. The van der Waals surface area contributed by atoms with Crippen LogP contribution in [0.3, 0.4) is 0 Å². The third-order valence-corrected chi connectivity index (χ3v) is 11.0. The quantitative estimate of drug-likeness (QED) is 0.246. The molecular weight excluding hydrogens is 574 g/mol. The Bertz CT molecular complexity index is 1300. The van der Waals surface area contributed by atoms with Gasteiger partial charge in [0.2, 0.25) is 17.6 Å². The van der Waals surface area contributed by atoms with Crippen molar-refractivity contribution in [2.75, 3.05) is 20.3 Å². The number of primary amides is 1. The zero-order valence-corrected chi connectivity index (χ0v) is 27.1. The van der Waals surface area contributed by atoms with Crippen LogP contribution in [0, 0.1) is 35.0 Å². The van der Waals surface area contributed by atoms with Crippen LogP contribution in [0.4, 0.5) is 4.79 Å². The minimum absolute atomic E-state index is 0.100. The smallest absolute Gasteiger partial charge is 0.315 e. The van der Waals surface area contributed by atoms with Crippen LogP contribution in [0.15, 0.2) is 24.3 Å². The molecule has 4 aliphatic rings. The molecule has 1 aromatic carbocycles. The van der Waals surface area contributed by atoms with E-state index in [0.29, 0.717) is 32.4 Å². The number of rotatable bonds is 13. The molecular formula is C34H49N5O6. The molecule has 1 saturated heterocycles. The fourth-order valence-corrected chi connectivity index (χ4v) is 7.86. The van der Waals surface area contributed by atoms with E-state index in [9.17, 15) is 24.0 Å². The predicted molar refractivity (Wildman–Crippen MR) is 168 cm³/mol. The summed E-state index contributed by atoms with van der Waals surface area (Å²) in [5.74, 6) is -2.48. The first kappa shape index (κ1) is 32.9. The van der Waals surface area contributed by atoms with Crippen molar-refractivity contribution in [2.45, 2.75) is 90.4 Å². The molecule has 5 N–H and O–H groups in total. The molecule has 5 rings (SSSR count). The van der Waals surface area contributed by atoms with Gasteiger partial charge < -0.3 is 31.3 Å². The molecule has 6 atom stereocenters. The number of likely N-dealkylation sites (tertiary alicyclic amines) is 1. The highest BCUT2D eigenvalue weighted by atomic mass is 16.5. The number of urea groups is 1. The fourth-order valence-electron chi connectivity index (χ4n) is 7.86. The Morgan fingerprint density at radius 2 is 1.67 bits per heavy atom. The molecule has 45 heavy (non-hydrogen) atoms. The average molecular weight is 624 g/mol. The minimum Gasteiger partial charge on any atom is -0.383 e. The summed E-state index contributed by atoms with van der Waals surface area (Å²) in [7, 11) is 1.58. The third-order valence-electron chi connectivity index (χ3n) is 11.0. The van der Waals surface area contributed by atoms with Gasteiger partial charge in [0.1, 0.15) is 12.1 Å². The monoisotopic (exact) mass is 623 g/mol. The summed E-state index contributed by atoms with van der Waals surface area (Å²) < 4.78 is 5.30. The number of methoxy groups -OCH3 is 1. The van der Waals surface area contributed by atoms with Crippen LogP contribution < -0.4 is 21.7 Å². The molecule has 0 bridgehead atoms. The van der Waals surface area contributed by atoms with E-state index in [4.69, 9.17) is 10.5 Å². The van der Waals surface area contributed by atoms with Gasteiger partial charge in [0.05, 0.1) is 18.7 Å². The third kappa shape index (κ3) is 6.73. The molecule has 0 spiro atoms. The number of ether oxygens (including phenoxy) is 1.